The number of hydrogen-bond donors (Lipinski definition) is 2. The van der Waals surface area contributed by atoms with Gasteiger partial charge in [0, 0.05) is 13.2 Å². The molecule has 1 aromatic heterocycles. The van der Waals surface area contributed by atoms with Gasteiger partial charge in [-0.3, -0.25) is 9.59 Å². The summed E-state index contributed by atoms with van der Waals surface area (Å²) in [5.41, 5.74) is -0.702. The van der Waals surface area contributed by atoms with Crippen LogP contribution < -0.4 is 10.6 Å². The van der Waals surface area contributed by atoms with Crippen LogP contribution in [0.15, 0.2) is 41.0 Å². The largest absolute Gasteiger partial charge is 0.467 e. The van der Waals surface area contributed by atoms with Crippen molar-refractivity contribution in [1.82, 2.24) is 10.6 Å². The molecule has 0 fully saturated rings. The molecule has 0 aliphatic rings. The summed E-state index contributed by atoms with van der Waals surface area (Å²) < 4.78 is 38.1. The number of amides is 2. The Labute approximate surface area is 162 Å². The fourth-order valence-electron chi connectivity index (χ4n) is 2.53. The molecule has 0 bridgehead atoms. The van der Waals surface area contributed by atoms with Gasteiger partial charge < -0.3 is 19.8 Å². The summed E-state index contributed by atoms with van der Waals surface area (Å²) >= 11 is 0. The lowest BCUT2D eigenvalue weighted by atomic mass is 10.0. The molecule has 2 N–H and O–H groups in total. The minimum absolute atomic E-state index is 0.269. The third-order valence-electron chi connectivity index (χ3n) is 4.01. The summed E-state index contributed by atoms with van der Waals surface area (Å²) in [5, 5.41) is 5.11. The molecule has 0 unspecified atom stereocenters. The zero-order valence-corrected chi connectivity index (χ0v) is 15.8. The van der Waals surface area contributed by atoms with Gasteiger partial charge in [0.25, 0.3) is 5.91 Å². The first-order chi connectivity index (χ1) is 13.4. The van der Waals surface area contributed by atoms with Crippen LogP contribution in [0.2, 0.25) is 0 Å². The second-order valence-electron chi connectivity index (χ2n) is 6.57. The van der Waals surface area contributed by atoms with Gasteiger partial charge in [-0.1, -0.05) is 19.9 Å². The molecule has 1 aromatic carbocycles. The SMILES string of the molecule is CC(C)[C@H](NC(=O)c1c(F)cccc1F)C(=O)NCCCOCc1ccco1. The van der Waals surface area contributed by atoms with E-state index in [2.05, 4.69) is 10.6 Å². The van der Waals surface area contributed by atoms with Crippen molar-refractivity contribution < 1.29 is 27.5 Å². The fourth-order valence-corrected chi connectivity index (χ4v) is 2.53. The molecule has 2 aromatic rings. The molecule has 1 atom stereocenters. The first-order valence-electron chi connectivity index (χ1n) is 9.03. The maximum atomic E-state index is 13.8. The highest BCUT2D eigenvalue weighted by Crippen LogP contribution is 2.13. The van der Waals surface area contributed by atoms with Crippen LogP contribution in [0.5, 0.6) is 0 Å². The Kier molecular flexibility index (Phi) is 8.13. The molecule has 8 heteroatoms. The number of carbonyl (C=O) groups is 2. The van der Waals surface area contributed by atoms with Crippen LogP contribution in [0, 0.1) is 17.6 Å². The maximum absolute atomic E-state index is 13.8. The molecule has 0 saturated carbocycles. The van der Waals surface area contributed by atoms with Crippen molar-refractivity contribution in [1.29, 1.82) is 0 Å². The number of benzene rings is 1. The minimum Gasteiger partial charge on any atom is -0.467 e. The van der Waals surface area contributed by atoms with Crippen molar-refractivity contribution in [2.24, 2.45) is 5.92 Å². The van der Waals surface area contributed by atoms with Crippen LogP contribution >= 0.6 is 0 Å². The number of furan rings is 1. The van der Waals surface area contributed by atoms with Crippen LogP contribution in [-0.2, 0) is 16.1 Å². The van der Waals surface area contributed by atoms with E-state index in [1.807, 2.05) is 0 Å². The van der Waals surface area contributed by atoms with Crippen molar-refractivity contribution in [2.45, 2.75) is 32.9 Å². The Morgan fingerprint density at radius 1 is 1.14 bits per heavy atom. The molecule has 1 heterocycles. The van der Waals surface area contributed by atoms with Crippen molar-refractivity contribution in [3.8, 4) is 0 Å². The van der Waals surface area contributed by atoms with E-state index in [1.165, 1.54) is 6.07 Å². The lowest BCUT2D eigenvalue weighted by molar-refractivity contribution is -0.124. The van der Waals surface area contributed by atoms with Crippen LogP contribution in [0.1, 0.15) is 36.4 Å². The van der Waals surface area contributed by atoms with Gasteiger partial charge in [-0.15, -0.1) is 0 Å². The van der Waals surface area contributed by atoms with Gasteiger partial charge >= 0.3 is 0 Å². The van der Waals surface area contributed by atoms with Gasteiger partial charge in [0.2, 0.25) is 5.91 Å². The van der Waals surface area contributed by atoms with Gasteiger partial charge in [0.05, 0.1) is 6.26 Å². The van der Waals surface area contributed by atoms with E-state index in [0.29, 0.717) is 31.9 Å². The average Bonchev–Trinajstić information content (AvgIpc) is 3.15. The highest BCUT2D eigenvalue weighted by molar-refractivity contribution is 5.98. The molecule has 0 aliphatic heterocycles. The van der Waals surface area contributed by atoms with E-state index in [4.69, 9.17) is 9.15 Å². The zero-order chi connectivity index (χ0) is 20.5. The van der Waals surface area contributed by atoms with Gasteiger partial charge in [0.1, 0.15) is 35.6 Å². The Hall–Kier alpha value is -2.74. The molecule has 2 amide bonds. The third kappa shape index (κ3) is 6.16. The minimum atomic E-state index is -0.978. The molecule has 0 radical (unpaired) electrons. The summed E-state index contributed by atoms with van der Waals surface area (Å²) in [5.74, 6) is -2.90. The van der Waals surface area contributed by atoms with Gasteiger partial charge in [-0.2, -0.15) is 0 Å². The predicted molar refractivity (Wildman–Crippen MR) is 98.4 cm³/mol. The highest BCUT2D eigenvalue weighted by atomic mass is 19.1. The zero-order valence-electron chi connectivity index (χ0n) is 15.8. The molecule has 0 spiro atoms. The van der Waals surface area contributed by atoms with Crippen LogP contribution in [0.4, 0.5) is 8.78 Å². The number of nitrogens with one attached hydrogen (secondary N) is 2. The standard InChI is InChI=1S/C20H24F2N2O4/c1-13(2)18(24-19(25)17-15(21)7-3-8-16(17)22)20(26)23-9-5-10-27-12-14-6-4-11-28-14/h3-4,6-8,11,13,18H,5,9-10,12H2,1-2H3,(H,23,26)(H,24,25)/t18-/m0/s1. The Bertz CT molecular complexity index is 758. The Morgan fingerprint density at radius 2 is 1.86 bits per heavy atom. The van der Waals surface area contributed by atoms with E-state index in [-0.39, 0.29) is 5.92 Å². The monoisotopic (exact) mass is 394 g/mol. The van der Waals surface area contributed by atoms with E-state index in [0.717, 1.165) is 12.1 Å². The summed E-state index contributed by atoms with van der Waals surface area (Å²) in [6.45, 7) is 4.56. The summed E-state index contributed by atoms with van der Waals surface area (Å²) in [6.07, 6.45) is 2.12. The number of halogens is 2. The summed E-state index contributed by atoms with van der Waals surface area (Å²) in [6, 6.07) is 5.80. The van der Waals surface area contributed by atoms with Gasteiger partial charge in [-0.25, -0.2) is 8.78 Å². The third-order valence-corrected chi connectivity index (χ3v) is 4.01. The van der Waals surface area contributed by atoms with Crippen molar-refractivity contribution in [2.75, 3.05) is 13.2 Å². The molecule has 6 nitrogen and oxygen atoms in total. The smallest absolute Gasteiger partial charge is 0.257 e. The summed E-state index contributed by atoms with van der Waals surface area (Å²) in [7, 11) is 0. The number of hydrogen-bond acceptors (Lipinski definition) is 4. The van der Waals surface area contributed by atoms with Crippen molar-refractivity contribution in [3.05, 3.63) is 59.6 Å². The van der Waals surface area contributed by atoms with E-state index in [9.17, 15) is 18.4 Å². The molecule has 28 heavy (non-hydrogen) atoms. The molecular weight excluding hydrogens is 370 g/mol. The van der Waals surface area contributed by atoms with Crippen LogP contribution in [0.3, 0.4) is 0 Å². The fraction of sp³-hybridized carbons (Fsp3) is 0.400. The first kappa shape index (κ1) is 21.6. The number of rotatable bonds is 10. The predicted octanol–water partition coefficient (Wildman–Crippen LogP) is 3.04. The van der Waals surface area contributed by atoms with Gasteiger partial charge in [0.15, 0.2) is 0 Å². The molecule has 0 aliphatic carbocycles. The Balaban J connectivity index is 1.80. The van der Waals surface area contributed by atoms with Crippen LogP contribution in [-0.4, -0.2) is 31.0 Å². The number of carbonyl (C=O) groups excluding carboxylic acids is 2. The second kappa shape index (κ2) is 10.6. The second-order valence-corrected chi connectivity index (χ2v) is 6.57. The van der Waals surface area contributed by atoms with Crippen molar-refractivity contribution >= 4 is 11.8 Å². The van der Waals surface area contributed by atoms with E-state index < -0.39 is 35.1 Å². The molecule has 152 valence electrons. The van der Waals surface area contributed by atoms with Gasteiger partial charge in [-0.05, 0) is 36.6 Å². The highest BCUT2D eigenvalue weighted by Gasteiger charge is 2.26. The maximum Gasteiger partial charge on any atom is 0.257 e. The lowest BCUT2D eigenvalue weighted by Gasteiger charge is -2.22. The van der Waals surface area contributed by atoms with Crippen LogP contribution in [0.25, 0.3) is 0 Å². The molecule has 0 saturated heterocycles. The molecular formula is C20H24F2N2O4. The average molecular weight is 394 g/mol. The van der Waals surface area contributed by atoms with Crippen molar-refractivity contribution in [3.63, 3.8) is 0 Å². The Morgan fingerprint density at radius 3 is 2.46 bits per heavy atom. The number of ether oxygens (including phenoxy) is 1. The topological polar surface area (TPSA) is 80.6 Å². The first-order valence-corrected chi connectivity index (χ1v) is 9.03. The van der Waals surface area contributed by atoms with E-state index >= 15 is 0 Å². The molecule has 2 rings (SSSR count). The van der Waals surface area contributed by atoms with E-state index in [1.54, 1.807) is 32.2 Å². The summed E-state index contributed by atoms with van der Waals surface area (Å²) in [4.78, 5) is 24.6. The normalized spacial score (nSPS) is 12.0. The lowest BCUT2D eigenvalue weighted by Crippen LogP contribution is -2.50. The quantitative estimate of drug-likeness (QED) is 0.607.